The molecule has 1 fully saturated rings. The summed E-state index contributed by atoms with van der Waals surface area (Å²) in [6.45, 7) is 6.72. The Kier molecular flexibility index (Phi) is 2.34. The van der Waals surface area contributed by atoms with Gasteiger partial charge in [0.2, 0.25) is 0 Å². The molecule has 0 N–H and O–H groups in total. The number of rotatable bonds is 2. The Bertz CT molecular complexity index is 318. The first kappa shape index (κ1) is 9.70. The van der Waals surface area contributed by atoms with E-state index in [9.17, 15) is 0 Å². The van der Waals surface area contributed by atoms with Gasteiger partial charge in [-0.05, 0) is 41.7 Å². The number of aromatic nitrogens is 1. The van der Waals surface area contributed by atoms with Gasteiger partial charge in [-0.15, -0.1) is 0 Å². The lowest BCUT2D eigenvalue weighted by molar-refractivity contribution is 0.585. The van der Waals surface area contributed by atoms with Gasteiger partial charge in [-0.3, -0.25) is 4.98 Å². The van der Waals surface area contributed by atoms with E-state index in [1.54, 1.807) is 0 Å². The van der Waals surface area contributed by atoms with E-state index < -0.39 is 0 Å². The molecule has 0 aliphatic heterocycles. The van der Waals surface area contributed by atoms with Crippen molar-refractivity contribution in [2.24, 2.45) is 5.92 Å². The van der Waals surface area contributed by atoms with Crippen LogP contribution in [0.4, 0.5) is 0 Å². The van der Waals surface area contributed by atoms with Crippen molar-refractivity contribution in [2.75, 3.05) is 0 Å². The van der Waals surface area contributed by atoms with E-state index in [0.29, 0.717) is 0 Å². The predicted molar refractivity (Wildman–Crippen MR) is 59.4 cm³/mol. The lowest BCUT2D eigenvalue weighted by atomic mass is 9.87. The van der Waals surface area contributed by atoms with E-state index in [-0.39, 0.29) is 5.41 Å². The Morgan fingerprint density at radius 2 is 2.00 bits per heavy atom. The summed E-state index contributed by atoms with van der Waals surface area (Å²) in [4.78, 5) is 4.33. The van der Waals surface area contributed by atoms with Gasteiger partial charge in [-0.1, -0.05) is 26.8 Å². The molecule has 0 atom stereocenters. The van der Waals surface area contributed by atoms with Crippen molar-refractivity contribution < 1.29 is 0 Å². The van der Waals surface area contributed by atoms with Crippen LogP contribution >= 0.6 is 0 Å². The van der Waals surface area contributed by atoms with Crippen LogP contribution in [-0.4, -0.2) is 4.98 Å². The van der Waals surface area contributed by atoms with E-state index in [1.165, 1.54) is 30.4 Å². The molecule has 14 heavy (non-hydrogen) atoms. The van der Waals surface area contributed by atoms with Crippen LogP contribution in [0, 0.1) is 5.92 Å². The van der Waals surface area contributed by atoms with Crippen molar-refractivity contribution in [1.82, 2.24) is 4.98 Å². The van der Waals surface area contributed by atoms with E-state index >= 15 is 0 Å². The van der Waals surface area contributed by atoms with E-state index in [0.717, 1.165) is 5.92 Å². The molecule has 0 saturated heterocycles. The molecule has 0 spiro atoms. The Labute approximate surface area is 86.6 Å². The minimum atomic E-state index is 0.229. The van der Waals surface area contributed by atoms with Gasteiger partial charge in [-0.25, -0.2) is 0 Å². The fourth-order valence-corrected chi connectivity index (χ4v) is 1.66. The SMILES string of the molecule is CC(C)(C)c1cncc(CC2CC2)c1. The summed E-state index contributed by atoms with van der Waals surface area (Å²) >= 11 is 0. The third-order valence-corrected chi connectivity index (χ3v) is 2.88. The summed E-state index contributed by atoms with van der Waals surface area (Å²) in [6.07, 6.45) is 8.08. The van der Waals surface area contributed by atoms with Crippen LogP contribution in [0.3, 0.4) is 0 Å². The number of nitrogens with zero attached hydrogens (tertiary/aromatic N) is 1. The van der Waals surface area contributed by atoms with Crippen molar-refractivity contribution in [2.45, 2.75) is 45.4 Å². The molecule has 1 aromatic rings. The van der Waals surface area contributed by atoms with Gasteiger partial charge in [0.15, 0.2) is 0 Å². The first-order chi connectivity index (χ1) is 6.55. The van der Waals surface area contributed by atoms with Crippen molar-refractivity contribution in [1.29, 1.82) is 0 Å². The van der Waals surface area contributed by atoms with Gasteiger partial charge < -0.3 is 0 Å². The topological polar surface area (TPSA) is 12.9 Å². The highest BCUT2D eigenvalue weighted by atomic mass is 14.6. The lowest BCUT2D eigenvalue weighted by Gasteiger charge is -2.19. The summed E-state index contributed by atoms with van der Waals surface area (Å²) in [5, 5.41) is 0. The van der Waals surface area contributed by atoms with Crippen molar-refractivity contribution in [3.63, 3.8) is 0 Å². The smallest absolute Gasteiger partial charge is 0.0305 e. The predicted octanol–water partition coefficient (Wildman–Crippen LogP) is 3.33. The van der Waals surface area contributed by atoms with Crippen LogP contribution in [0.2, 0.25) is 0 Å². The normalized spacial score (nSPS) is 17.1. The monoisotopic (exact) mass is 189 g/mol. The fraction of sp³-hybridized carbons (Fsp3) is 0.615. The fourth-order valence-electron chi connectivity index (χ4n) is 1.66. The first-order valence-corrected chi connectivity index (χ1v) is 5.50. The zero-order valence-electron chi connectivity index (χ0n) is 9.38. The van der Waals surface area contributed by atoms with Crippen molar-refractivity contribution in [3.05, 3.63) is 29.6 Å². The highest BCUT2D eigenvalue weighted by molar-refractivity contribution is 5.24. The number of hydrogen-bond donors (Lipinski definition) is 0. The Morgan fingerprint density at radius 3 is 2.57 bits per heavy atom. The molecule has 1 heterocycles. The van der Waals surface area contributed by atoms with E-state index in [2.05, 4.69) is 31.8 Å². The van der Waals surface area contributed by atoms with Gasteiger partial charge in [0.1, 0.15) is 0 Å². The van der Waals surface area contributed by atoms with Crippen LogP contribution in [0.1, 0.15) is 44.7 Å². The van der Waals surface area contributed by atoms with E-state index in [4.69, 9.17) is 0 Å². The molecule has 2 rings (SSSR count). The molecule has 0 bridgehead atoms. The summed E-state index contributed by atoms with van der Waals surface area (Å²) in [5.74, 6) is 0.951. The second-order valence-electron chi connectivity index (χ2n) is 5.48. The molecule has 0 aromatic carbocycles. The molecule has 1 nitrogen and oxygen atoms in total. The van der Waals surface area contributed by atoms with Gasteiger partial charge >= 0.3 is 0 Å². The van der Waals surface area contributed by atoms with Crippen LogP contribution < -0.4 is 0 Å². The molecule has 1 saturated carbocycles. The van der Waals surface area contributed by atoms with Gasteiger partial charge in [-0.2, -0.15) is 0 Å². The average molecular weight is 189 g/mol. The Hall–Kier alpha value is -0.850. The second kappa shape index (κ2) is 3.38. The van der Waals surface area contributed by atoms with Gasteiger partial charge in [0.05, 0.1) is 0 Å². The van der Waals surface area contributed by atoms with Crippen LogP contribution in [0.5, 0.6) is 0 Å². The highest BCUT2D eigenvalue weighted by Gasteiger charge is 2.22. The molecular weight excluding hydrogens is 170 g/mol. The molecule has 76 valence electrons. The molecular formula is C13H19N. The van der Waals surface area contributed by atoms with Gasteiger partial charge in [0, 0.05) is 12.4 Å². The number of pyridine rings is 1. The molecule has 1 aliphatic carbocycles. The molecule has 1 heteroatoms. The standard InChI is InChI=1S/C13H19N/c1-13(2,3)12-7-11(8-14-9-12)6-10-4-5-10/h7-10H,4-6H2,1-3H3. The minimum Gasteiger partial charge on any atom is -0.264 e. The zero-order chi connectivity index (χ0) is 10.2. The molecule has 0 unspecified atom stereocenters. The summed E-state index contributed by atoms with van der Waals surface area (Å²) in [6, 6.07) is 2.32. The third-order valence-electron chi connectivity index (χ3n) is 2.88. The molecule has 0 radical (unpaired) electrons. The zero-order valence-corrected chi connectivity index (χ0v) is 9.38. The third kappa shape index (κ3) is 2.34. The van der Waals surface area contributed by atoms with Gasteiger partial charge in [0.25, 0.3) is 0 Å². The summed E-state index contributed by atoms with van der Waals surface area (Å²) in [5.41, 5.74) is 3.00. The highest BCUT2D eigenvalue weighted by Crippen LogP contribution is 2.33. The van der Waals surface area contributed by atoms with Crippen LogP contribution in [0.25, 0.3) is 0 Å². The Balaban J connectivity index is 2.17. The molecule has 1 aliphatic rings. The minimum absolute atomic E-state index is 0.229. The maximum absolute atomic E-state index is 4.33. The lowest BCUT2D eigenvalue weighted by Crippen LogP contribution is -2.11. The van der Waals surface area contributed by atoms with Crippen LogP contribution in [-0.2, 0) is 11.8 Å². The van der Waals surface area contributed by atoms with Crippen molar-refractivity contribution >= 4 is 0 Å². The maximum Gasteiger partial charge on any atom is 0.0305 e. The van der Waals surface area contributed by atoms with Crippen LogP contribution in [0.15, 0.2) is 18.5 Å². The quantitative estimate of drug-likeness (QED) is 0.695. The number of hydrogen-bond acceptors (Lipinski definition) is 1. The molecule has 1 aromatic heterocycles. The summed E-state index contributed by atoms with van der Waals surface area (Å²) in [7, 11) is 0. The largest absolute Gasteiger partial charge is 0.264 e. The average Bonchev–Trinajstić information content (AvgIpc) is 2.87. The molecule has 0 amide bonds. The second-order valence-corrected chi connectivity index (χ2v) is 5.48. The Morgan fingerprint density at radius 1 is 1.29 bits per heavy atom. The first-order valence-electron chi connectivity index (χ1n) is 5.50. The van der Waals surface area contributed by atoms with E-state index in [1.807, 2.05) is 12.4 Å². The maximum atomic E-state index is 4.33. The summed E-state index contributed by atoms with van der Waals surface area (Å²) < 4.78 is 0. The van der Waals surface area contributed by atoms with Crippen molar-refractivity contribution in [3.8, 4) is 0 Å².